The summed E-state index contributed by atoms with van der Waals surface area (Å²) in [6, 6.07) is 65.5. The first-order valence-electron chi connectivity index (χ1n) is 19.7. The molecule has 0 amide bonds. The highest BCUT2D eigenvalue weighted by atomic mass is 16.5. The number of anilines is 3. The van der Waals surface area contributed by atoms with Gasteiger partial charge < -0.3 is 9.64 Å². The Bertz CT molecular complexity index is 2910. The Kier molecular flexibility index (Phi) is 8.21. The van der Waals surface area contributed by atoms with Crippen LogP contribution in [0.5, 0.6) is 5.75 Å². The summed E-state index contributed by atoms with van der Waals surface area (Å²) in [5, 5.41) is 4.63. The van der Waals surface area contributed by atoms with E-state index < -0.39 is 0 Å². The lowest BCUT2D eigenvalue weighted by Crippen LogP contribution is -2.17. The molecular weight excluding hydrogens is 709 g/mol. The van der Waals surface area contributed by atoms with Crippen molar-refractivity contribution in [1.29, 1.82) is 0 Å². The summed E-state index contributed by atoms with van der Waals surface area (Å²) in [4.78, 5) is 17.8. The number of ether oxygens (including phenoxy) is 1. The molecule has 2 atom stereocenters. The molecule has 2 aliphatic rings. The van der Waals surface area contributed by atoms with E-state index in [0.29, 0.717) is 17.5 Å². The minimum absolute atomic E-state index is 0.00544. The highest BCUT2D eigenvalue weighted by molar-refractivity contribution is 5.89. The molecule has 11 rings (SSSR count). The Balaban J connectivity index is 0.952. The molecule has 9 aromatic rings. The Labute approximate surface area is 336 Å². The quantitative estimate of drug-likeness (QED) is 0.163. The van der Waals surface area contributed by atoms with Crippen LogP contribution in [0.3, 0.4) is 0 Å². The number of allylic oxidation sites excluding steroid dienone is 2. The van der Waals surface area contributed by atoms with E-state index in [1.54, 1.807) is 0 Å². The summed E-state index contributed by atoms with van der Waals surface area (Å²) in [5.41, 5.74) is 9.51. The Hall–Kier alpha value is -7.63. The maximum atomic E-state index is 6.72. The van der Waals surface area contributed by atoms with Gasteiger partial charge in [0, 0.05) is 45.2 Å². The molecule has 0 radical (unpaired) electrons. The fourth-order valence-electron chi connectivity index (χ4n) is 8.36. The number of hydrogen-bond acceptors (Lipinski definition) is 5. The lowest BCUT2D eigenvalue weighted by Gasteiger charge is -2.26. The van der Waals surface area contributed by atoms with E-state index in [1.807, 2.05) is 18.2 Å². The predicted molar refractivity (Wildman–Crippen MR) is 237 cm³/mol. The van der Waals surface area contributed by atoms with Crippen LogP contribution in [0, 0.1) is 0 Å². The van der Waals surface area contributed by atoms with Crippen molar-refractivity contribution >= 4 is 44.2 Å². The van der Waals surface area contributed by atoms with Crippen LogP contribution in [-0.4, -0.2) is 21.1 Å². The zero-order valence-electron chi connectivity index (χ0n) is 31.5. The van der Waals surface area contributed by atoms with Crippen LogP contribution < -0.4 is 9.64 Å². The van der Waals surface area contributed by atoms with E-state index in [2.05, 4.69) is 193 Å². The van der Waals surface area contributed by atoms with E-state index in [1.165, 1.54) is 10.8 Å². The van der Waals surface area contributed by atoms with Crippen LogP contribution in [0.1, 0.15) is 17.0 Å². The Morgan fingerprint density at radius 1 is 0.431 bits per heavy atom. The van der Waals surface area contributed by atoms with Crippen molar-refractivity contribution in [2.75, 3.05) is 4.90 Å². The molecule has 58 heavy (non-hydrogen) atoms. The average Bonchev–Trinajstić information content (AvgIpc) is 3.68. The predicted octanol–water partition coefficient (Wildman–Crippen LogP) is 13.1. The number of hydrogen-bond donors (Lipinski definition) is 0. The maximum absolute atomic E-state index is 6.72. The summed E-state index contributed by atoms with van der Waals surface area (Å²) in [6.07, 6.45) is 6.59. The number of fused-ring (bicyclic) bond motifs is 5. The van der Waals surface area contributed by atoms with Crippen molar-refractivity contribution in [2.45, 2.75) is 12.0 Å². The third-order valence-electron chi connectivity index (χ3n) is 11.2. The van der Waals surface area contributed by atoms with Crippen molar-refractivity contribution in [3.8, 4) is 39.9 Å². The van der Waals surface area contributed by atoms with E-state index in [-0.39, 0.29) is 12.0 Å². The molecule has 5 nitrogen and oxygen atoms in total. The molecule has 8 aromatic carbocycles. The van der Waals surface area contributed by atoms with Crippen LogP contribution in [0.4, 0.5) is 17.1 Å². The van der Waals surface area contributed by atoms with Crippen LogP contribution in [0.2, 0.25) is 0 Å². The number of nitrogens with zero attached hydrogens (tertiary/aromatic N) is 4. The smallest absolute Gasteiger partial charge is 0.164 e. The molecule has 0 fully saturated rings. The second-order valence-corrected chi connectivity index (χ2v) is 14.8. The minimum atomic E-state index is -0.164. The number of aromatic nitrogens is 3. The van der Waals surface area contributed by atoms with Gasteiger partial charge in [-0.3, -0.25) is 0 Å². The zero-order valence-corrected chi connectivity index (χ0v) is 31.5. The second-order valence-electron chi connectivity index (χ2n) is 14.8. The SMILES string of the molecule is C1=CC2c3c(cccc3-c3nc(-c4ccc5ccccc5c4)nc(-c4ccc5ccccc5c4)n3)OC2C=C1c1ccc(N(c2ccccc2)c2ccccc2)cc1. The standard InChI is InChI=1S/C53H36N4O/c1-3-16-43(17-4-1)57(44-18-5-2-6-19-44)45-29-26-37(27-30-45)40-28-31-46-49(34-40)58-48-21-11-20-47(50(46)48)53-55-51(41-24-22-35-12-7-9-14-38(35)32-41)54-52(56-53)42-25-23-36-13-8-10-15-39(36)33-42/h1-34,46,49H. The van der Waals surface area contributed by atoms with E-state index in [9.17, 15) is 0 Å². The fourth-order valence-corrected chi connectivity index (χ4v) is 8.36. The molecular formula is C53H36N4O. The van der Waals surface area contributed by atoms with Gasteiger partial charge in [-0.25, -0.2) is 15.0 Å². The summed E-state index contributed by atoms with van der Waals surface area (Å²) in [7, 11) is 0. The largest absolute Gasteiger partial charge is 0.485 e. The van der Waals surface area contributed by atoms with Gasteiger partial charge in [0.15, 0.2) is 17.5 Å². The van der Waals surface area contributed by atoms with Crippen LogP contribution in [0.15, 0.2) is 206 Å². The van der Waals surface area contributed by atoms with Gasteiger partial charge in [-0.1, -0.05) is 146 Å². The van der Waals surface area contributed by atoms with Crippen molar-refractivity contribution < 1.29 is 4.74 Å². The molecule has 5 heteroatoms. The summed E-state index contributed by atoms with van der Waals surface area (Å²) >= 11 is 0. The first kappa shape index (κ1) is 33.7. The third-order valence-corrected chi connectivity index (χ3v) is 11.2. The van der Waals surface area contributed by atoms with Crippen LogP contribution >= 0.6 is 0 Å². The average molecular weight is 745 g/mol. The van der Waals surface area contributed by atoms with Gasteiger partial charge in [-0.2, -0.15) is 0 Å². The molecule has 0 bridgehead atoms. The normalized spacial score (nSPS) is 15.4. The van der Waals surface area contributed by atoms with E-state index in [4.69, 9.17) is 19.7 Å². The molecule has 1 aromatic heterocycles. The zero-order chi connectivity index (χ0) is 38.4. The molecule has 2 heterocycles. The first-order chi connectivity index (χ1) is 28.7. The van der Waals surface area contributed by atoms with Crippen molar-refractivity contribution in [1.82, 2.24) is 15.0 Å². The molecule has 0 N–H and O–H groups in total. The first-order valence-corrected chi connectivity index (χ1v) is 19.7. The second kappa shape index (κ2) is 14.1. The van der Waals surface area contributed by atoms with Gasteiger partial charge in [0.1, 0.15) is 11.9 Å². The van der Waals surface area contributed by atoms with Gasteiger partial charge in [-0.05, 0) is 93.4 Å². The number of para-hydroxylation sites is 2. The van der Waals surface area contributed by atoms with Gasteiger partial charge in [0.25, 0.3) is 0 Å². The van der Waals surface area contributed by atoms with Gasteiger partial charge >= 0.3 is 0 Å². The highest BCUT2D eigenvalue weighted by Crippen LogP contribution is 2.48. The number of benzene rings is 8. The summed E-state index contributed by atoms with van der Waals surface area (Å²) in [6.45, 7) is 0. The summed E-state index contributed by atoms with van der Waals surface area (Å²) < 4.78 is 6.72. The molecule has 1 aliphatic carbocycles. The molecule has 0 saturated heterocycles. The monoisotopic (exact) mass is 744 g/mol. The van der Waals surface area contributed by atoms with Crippen molar-refractivity contribution in [3.05, 3.63) is 217 Å². The summed E-state index contributed by atoms with van der Waals surface area (Å²) in [5.74, 6) is 2.75. The van der Waals surface area contributed by atoms with E-state index >= 15 is 0 Å². The van der Waals surface area contributed by atoms with Crippen LogP contribution in [0.25, 0.3) is 61.3 Å². The lowest BCUT2D eigenvalue weighted by molar-refractivity contribution is 0.269. The van der Waals surface area contributed by atoms with Gasteiger partial charge in [-0.15, -0.1) is 0 Å². The number of rotatable bonds is 7. The molecule has 274 valence electrons. The van der Waals surface area contributed by atoms with E-state index in [0.717, 1.165) is 67.0 Å². The molecule has 0 spiro atoms. The van der Waals surface area contributed by atoms with Crippen molar-refractivity contribution in [3.63, 3.8) is 0 Å². The van der Waals surface area contributed by atoms with Gasteiger partial charge in [0.05, 0.1) is 0 Å². The molecule has 0 saturated carbocycles. The Morgan fingerprint density at radius 3 is 1.55 bits per heavy atom. The highest BCUT2D eigenvalue weighted by Gasteiger charge is 2.36. The maximum Gasteiger partial charge on any atom is 0.164 e. The van der Waals surface area contributed by atoms with Gasteiger partial charge in [0.2, 0.25) is 0 Å². The van der Waals surface area contributed by atoms with Crippen LogP contribution in [-0.2, 0) is 0 Å². The lowest BCUT2D eigenvalue weighted by atomic mass is 9.85. The Morgan fingerprint density at radius 2 is 0.948 bits per heavy atom. The van der Waals surface area contributed by atoms with Crippen molar-refractivity contribution in [2.24, 2.45) is 0 Å². The molecule has 2 unspecified atom stereocenters. The molecule has 1 aliphatic heterocycles. The fraction of sp³-hybridized carbons (Fsp3) is 0.0377. The topological polar surface area (TPSA) is 51.1 Å². The third kappa shape index (κ3) is 6.10. The minimum Gasteiger partial charge on any atom is -0.485 e.